The Balaban J connectivity index is 1.33. The molecule has 2 fully saturated rings. The van der Waals surface area contributed by atoms with Gasteiger partial charge in [0.25, 0.3) is 0 Å². The van der Waals surface area contributed by atoms with E-state index in [1.54, 1.807) is 0 Å². The number of rotatable bonds is 4. The molecular weight excluding hydrogens is 260 g/mol. The number of aromatic nitrogens is 2. The van der Waals surface area contributed by atoms with Crippen LogP contribution in [0.25, 0.3) is 11.0 Å². The molecule has 0 bridgehead atoms. The van der Waals surface area contributed by atoms with Gasteiger partial charge in [-0.1, -0.05) is 12.1 Å². The molecule has 0 amide bonds. The molecule has 21 heavy (non-hydrogen) atoms. The fraction of sp³-hybridized carbons (Fsp3) is 0.529. The van der Waals surface area contributed by atoms with E-state index >= 15 is 0 Å². The summed E-state index contributed by atoms with van der Waals surface area (Å²) < 4.78 is 0. The zero-order valence-electron chi connectivity index (χ0n) is 12.3. The molecule has 0 atom stereocenters. The lowest BCUT2D eigenvalue weighted by molar-refractivity contribution is 0.189. The smallest absolute Gasteiger partial charge is 0.0890 e. The summed E-state index contributed by atoms with van der Waals surface area (Å²) in [6.07, 6.45) is 7.26. The van der Waals surface area contributed by atoms with Crippen molar-refractivity contribution in [3.05, 3.63) is 36.2 Å². The van der Waals surface area contributed by atoms with Crippen molar-refractivity contribution in [2.45, 2.75) is 44.3 Å². The van der Waals surface area contributed by atoms with Crippen LogP contribution in [0.3, 0.4) is 0 Å². The molecule has 0 spiro atoms. The number of likely N-dealkylation sites (tertiary alicyclic amines) is 1. The topological polar surface area (TPSA) is 41.1 Å². The van der Waals surface area contributed by atoms with Crippen molar-refractivity contribution in [2.24, 2.45) is 0 Å². The Bertz CT molecular complexity index is 615. The molecule has 4 nitrogen and oxygen atoms in total. The molecule has 1 saturated heterocycles. The molecular formula is C17H22N4. The van der Waals surface area contributed by atoms with Gasteiger partial charge >= 0.3 is 0 Å². The summed E-state index contributed by atoms with van der Waals surface area (Å²) in [4.78, 5) is 11.8. The monoisotopic (exact) mass is 282 g/mol. The zero-order valence-corrected chi connectivity index (χ0v) is 12.3. The number of para-hydroxylation sites is 2. The lowest BCUT2D eigenvalue weighted by atomic mass is 10.0. The van der Waals surface area contributed by atoms with E-state index in [1.165, 1.54) is 38.8 Å². The van der Waals surface area contributed by atoms with E-state index in [9.17, 15) is 0 Å². The van der Waals surface area contributed by atoms with Crippen LogP contribution in [0.4, 0.5) is 0 Å². The highest BCUT2D eigenvalue weighted by molar-refractivity contribution is 5.73. The summed E-state index contributed by atoms with van der Waals surface area (Å²) >= 11 is 0. The second kappa shape index (κ2) is 5.70. The lowest BCUT2D eigenvalue weighted by Crippen LogP contribution is -2.43. The van der Waals surface area contributed by atoms with Crippen LogP contribution >= 0.6 is 0 Å². The predicted octanol–water partition coefficient (Wildman–Crippen LogP) is 2.35. The molecule has 110 valence electrons. The maximum absolute atomic E-state index is 4.68. The molecule has 0 radical (unpaired) electrons. The van der Waals surface area contributed by atoms with Crippen LogP contribution in [0, 0.1) is 0 Å². The summed E-state index contributed by atoms with van der Waals surface area (Å²) in [5, 5.41) is 3.65. The molecule has 1 aromatic carbocycles. The van der Waals surface area contributed by atoms with E-state index in [4.69, 9.17) is 0 Å². The van der Waals surface area contributed by atoms with Crippen LogP contribution < -0.4 is 5.32 Å². The number of hydrogen-bond donors (Lipinski definition) is 1. The van der Waals surface area contributed by atoms with Gasteiger partial charge in [-0.3, -0.25) is 4.98 Å². The Morgan fingerprint density at radius 2 is 1.81 bits per heavy atom. The molecule has 1 saturated carbocycles. The largest absolute Gasteiger partial charge is 0.308 e. The molecule has 2 heterocycles. The van der Waals surface area contributed by atoms with E-state index in [0.717, 1.165) is 29.3 Å². The van der Waals surface area contributed by atoms with Crippen LogP contribution in [0.5, 0.6) is 0 Å². The highest BCUT2D eigenvalue weighted by atomic mass is 15.2. The summed E-state index contributed by atoms with van der Waals surface area (Å²) in [5.41, 5.74) is 3.00. The Kier molecular flexibility index (Phi) is 3.57. The lowest BCUT2D eigenvalue weighted by Gasteiger charge is -2.32. The van der Waals surface area contributed by atoms with Gasteiger partial charge in [0.2, 0.25) is 0 Å². The van der Waals surface area contributed by atoms with Gasteiger partial charge < -0.3 is 10.2 Å². The van der Waals surface area contributed by atoms with E-state index in [1.807, 2.05) is 30.5 Å². The average molecular weight is 282 g/mol. The van der Waals surface area contributed by atoms with Crippen molar-refractivity contribution >= 4 is 11.0 Å². The molecule has 1 aliphatic carbocycles. The third-order valence-corrected chi connectivity index (χ3v) is 4.66. The Labute approximate surface area is 125 Å². The zero-order chi connectivity index (χ0) is 14.1. The van der Waals surface area contributed by atoms with Gasteiger partial charge in [0.1, 0.15) is 0 Å². The first-order valence-corrected chi connectivity index (χ1v) is 8.06. The second-order valence-corrected chi connectivity index (χ2v) is 6.27. The molecule has 1 aromatic heterocycles. The van der Waals surface area contributed by atoms with E-state index < -0.39 is 0 Å². The van der Waals surface area contributed by atoms with Crippen LogP contribution in [0.2, 0.25) is 0 Å². The summed E-state index contributed by atoms with van der Waals surface area (Å²) in [7, 11) is 0. The molecule has 1 aliphatic heterocycles. The maximum Gasteiger partial charge on any atom is 0.0890 e. The van der Waals surface area contributed by atoms with E-state index in [-0.39, 0.29) is 0 Å². The quantitative estimate of drug-likeness (QED) is 0.934. The average Bonchev–Trinajstić information content (AvgIpc) is 3.38. The van der Waals surface area contributed by atoms with Gasteiger partial charge in [-0.2, -0.15) is 0 Å². The van der Waals surface area contributed by atoms with Gasteiger partial charge in [-0.15, -0.1) is 0 Å². The minimum Gasteiger partial charge on any atom is -0.308 e. The second-order valence-electron chi connectivity index (χ2n) is 6.27. The maximum atomic E-state index is 4.68. The van der Waals surface area contributed by atoms with Crippen LogP contribution in [0.15, 0.2) is 30.5 Å². The molecule has 2 aromatic rings. The van der Waals surface area contributed by atoms with Crippen molar-refractivity contribution in [3.63, 3.8) is 0 Å². The normalized spacial score (nSPS) is 21.0. The molecule has 1 N–H and O–H groups in total. The Morgan fingerprint density at radius 1 is 1.05 bits per heavy atom. The van der Waals surface area contributed by atoms with E-state index in [0.29, 0.717) is 6.04 Å². The summed E-state index contributed by atoms with van der Waals surface area (Å²) in [6, 6.07) is 9.60. The number of fused-ring (bicyclic) bond motifs is 1. The van der Waals surface area contributed by atoms with Crippen molar-refractivity contribution < 1.29 is 0 Å². The number of benzene rings is 1. The molecule has 4 heteroatoms. The predicted molar refractivity (Wildman–Crippen MR) is 84.0 cm³/mol. The highest BCUT2D eigenvalue weighted by Gasteiger charge is 2.31. The number of nitrogens with zero attached hydrogens (tertiary/aromatic N) is 3. The van der Waals surface area contributed by atoms with Gasteiger partial charge in [0.05, 0.1) is 22.9 Å². The molecule has 2 aliphatic rings. The van der Waals surface area contributed by atoms with Crippen molar-refractivity contribution in [1.82, 2.24) is 20.2 Å². The third kappa shape index (κ3) is 3.06. The highest BCUT2D eigenvalue weighted by Crippen LogP contribution is 2.29. The number of hydrogen-bond acceptors (Lipinski definition) is 4. The first kappa shape index (κ1) is 13.2. The summed E-state index contributed by atoms with van der Waals surface area (Å²) in [6.45, 7) is 3.34. The number of nitrogens with one attached hydrogen (secondary N) is 1. The van der Waals surface area contributed by atoms with Crippen molar-refractivity contribution in [3.8, 4) is 0 Å². The molecule has 0 unspecified atom stereocenters. The first-order valence-electron chi connectivity index (χ1n) is 8.06. The fourth-order valence-corrected chi connectivity index (χ4v) is 3.24. The number of piperidine rings is 1. The van der Waals surface area contributed by atoms with Crippen LogP contribution in [-0.4, -0.2) is 40.0 Å². The fourth-order valence-electron chi connectivity index (χ4n) is 3.24. The van der Waals surface area contributed by atoms with Crippen LogP contribution in [-0.2, 0) is 6.54 Å². The SMILES string of the molecule is c1ccc2nc(CNC3CCN(C4CC4)CC3)cnc2c1. The van der Waals surface area contributed by atoms with Gasteiger partial charge in [-0.05, 0) is 50.9 Å². The van der Waals surface area contributed by atoms with Crippen molar-refractivity contribution in [1.29, 1.82) is 0 Å². The minimum atomic E-state index is 0.633. The standard InChI is InChI=1S/C17H22N4/c1-2-4-17-16(3-1)19-12-14(20-17)11-18-13-7-9-21(10-8-13)15-5-6-15/h1-4,12-13,15,18H,5-11H2. The van der Waals surface area contributed by atoms with Crippen LogP contribution in [0.1, 0.15) is 31.4 Å². The van der Waals surface area contributed by atoms with Gasteiger partial charge in [0.15, 0.2) is 0 Å². The molecule has 4 rings (SSSR count). The minimum absolute atomic E-state index is 0.633. The summed E-state index contributed by atoms with van der Waals surface area (Å²) in [5.74, 6) is 0. The van der Waals surface area contributed by atoms with Gasteiger partial charge in [-0.25, -0.2) is 4.98 Å². The Hall–Kier alpha value is -1.52. The Morgan fingerprint density at radius 3 is 2.57 bits per heavy atom. The first-order chi connectivity index (χ1) is 10.4. The third-order valence-electron chi connectivity index (χ3n) is 4.66. The van der Waals surface area contributed by atoms with E-state index in [2.05, 4.69) is 20.2 Å². The van der Waals surface area contributed by atoms with Crippen molar-refractivity contribution in [2.75, 3.05) is 13.1 Å². The van der Waals surface area contributed by atoms with Gasteiger partial charge in [0, 0.05) is 18.6 Å².